The fourth-order valence-corrected chi connectivity index (χ4v) is 3.43. The zero-order valence-corrected chi connectivity index (χ0v) is 17.3. The van der Waals surface area contributed by atoms with Crippen molar-refractivity contribution in [1.82, 2.24) is 14.6 Å². The molecule has 1 amide bonds. The number of hydrogen-bond acceptors (Lipinski definition) is 6. The number of hydrogen-bond donors (Lipinski definition) is 2. The molecular weight excluding hydrogens is 426 g/mol. The van der Waals surface area contributed by atoms with Crippen molar-refractivity contribution in [2.45, 2.75) is 13.2 Å². The second-order valence-corrected chi connectivity index (χ2v) is 7.20. The first kappa shape index (κ1) is 21.7. The number of nitrogens with zero attached hydrogens (tertiary/aromatic N) is 2. The molecule has 9 heteroatoms. The van der Waals surface area contributed by atoms with Crippen LogP contribution < -0.4 is 16.7 Å². The molecule has 0 spiro atoms. The van der Waals surface area contributed by atoms with E-state index in [9.17, 15) is 19.2 Å². The highest BCUT2D eigenvalue weighted by Crippen LogP contribution is 2.12. The lowest BCUT2D eigenvalue weighted by atomic mass is 10.1. The summed E-state index contributed by atoms with van der Waals surface area (Å²) >= 11 is 0. The molecule has 2 N–H and O–H groups in total. The number of carbonyl (C=O) groups is 2. The molecule has 0 aliphatic rings. The first-order valence-electron chi connectivity index (χ1n) is 9.98. The van der Waals surface area contributed by atoms with Crippen molar-refractivity contribution < 1.29 is 19.5 Å². The quantitative estimate of drug-likeness (QED) is 0.360. The van der Waals surface area contributed by atoms with Crippen molar-refractivity contribution in [3.8, 4) is 0 Å². The third kappa shape index (κ3) is 4.43. The zero-order valence-electron chi connectivity index (χ0n) is 17.3. The maximum absolute atomic E-state index is 13.2. The lowest BCUT2D eigenvalue weighted by Crippen LogP contribution is -2.44. The third-order valence-corrected chi connectivity index (χ3v) is 5.10. The fraction of sp³-hybridized carbons (Fsp3) is 0.0833. The van der Waals surface area contributed by atoms with Crippen molar-refractivity contribution in [2.75, 3.05) is 0 Å². The summed E-state index contributed by atoms with van der Waals surface area (Å²) in [7, 11) is 0. The molecule has 33 heavy (non-hydrogen) atoms. The Morgan fingerprint density at radius 2 is 1.52 bits per heavy atom. The van der Waals surface area contributed by atoms with Gasteiger partial charge in [-0.1, -0.05) is 54.6 Å². The van der Waals surface area contributed by atoms with Crippen LogP contribution in [-0.4, -0.2) is 26.3 Å². The molecule has 0 saturated carbocycles. The molecule has 3 aromatic carbocycles. The van der Waals surface area contributed by atoms with Crippen LogP contribution in [0.1, 0.15) is 21.5 Å². The number of fused-ring (bicyclic) bond motifs is 1. The first-order valence-corrected chi connectivity index (χ1v) is 9.98. The van der Waals surface area contributed by atoms with Crippen molar-refractivity contribution in [1.29, 1.82) is 0 Å². The number of carbonyl (C=O) groups excluding carboxylic acids is 2. The Balaban J connectivity index is 1.73. The van der Waals surface area contributed by atoms with Crippen LogP contribution in [-0.2, 0) is 17.9 Å². The SMILES string of the molecule is O=C(NO)c1ccc(Cn2c(=O)n(C(=O)OCc3ccccc3)c(=O)c3ccccc32)cc1. The molecular formula is C24H19N3O6. The monoisotopic (exact) mass is 445 g/mol. The van der Waals surface area contributed by atoms with E-state index in [0.717, 1.165) is 0 Å². The number of nitrogens with one attached hydrogen (secondary N) is 1. The third-order valence-electron chi connectivity index (χ3n) is 5.10. The molecule has 4 rings (SSSR count). The largest absolute Gasteiger partial charge is 0.444 e. The second-order valence-electron chi connectivity index (χ2n) is 7.20. The van der Waals surface area contributed by atoms with Crippen LogP contribution in [0.4, 0.5) is 4.79 Å². The maximum Gasteiger partial charge on any atom is 0.425 e. The molecule has 0 aliphatic heterocycles. The summed E-state index contributed by atoms with van der Waals surface area (Å²) in [5.74, 6) is -0.668. The normalized spacial score (nSPS) is 10.7. The smallest absolute Gasteiger partial charge is 0.425 e. The average Bonchev–Trinajstić information content (AvgIpc) is 2.86. The molecule has 4 aromatic rings. The predicted octanol–water partition coefficient (Wildman–Crippen LogP) is 2.52. The summed E-state index contributed by atoms with van der Waals surface area (Å²) in [5, 5.41) is 8.94. The van der Waals surface area contributed by atoms with E-state index in [2.05, 4.69) is 0 Å². The molecule has 0 aliphatic carbocycles. The summed E-state index contributed by atoms with van der Waals surface area (Å²) in [6.07, 6.45) is -1.07. The Bertz CT molecular complexity index is 1440. The Hall–Kier alpha value is -4.50. The van der Waals surface area contributed by atoms with Gasteiger partial charge in [0, 0.05) is 5.56 Å². The van der Waals surface area contributed by atoms with Crippen LogP contribution >= 0.6 is 0 Å². The Morgan fingerprint density at radius 3 is 2.21 bits per heavy atom. The lowest BCUT2D eigenvalue weighted by molar-refractivity contribution is 0.0706. The second kappa shape index (κ2) is 9.33. The summed E-state index contributed by atoms with van der Waals surface area (Å²) in [5.41, 5.74) is 1.89. The van der Waals surface area contributed by atoms with Crippen LogP contribution in [0.15, 0.2) is 88.5 Å². The molecule has 0 bridgehead atoms. The van der Waals surface area contributed by atoms with E-state index in [4.69, 9.17) is 9.94 Å². The van der Waals surface area contributed by atoms with Gasteiger partial charge in [0.2, 0.25) is 0 Å². The molecule has 166 valence electrons. The number of aromatic nitrogens is 2. The molecule has 1 aromatic heterocycles. The van der Waals surface area contributed by atoms with Crippen molar-refractivity contribution in [2.24, 2.45) is 0 Å². The molecule has 0 fully saturated rings. The number of amides is 1. The Morgan fingerprint density at radius 1 is 0.848 bits per heavy atom. The Kier molecular flexibility index (Phi) is 6.14. The zero-order chi connectivity index (χ0) is 23.4. The predicted molar refractivity (Wildman–Crippen MR) is 119 cm³/mol. The van der Waals surface area contributed by atoms with E-state index < -0.39 is 23.2 Å². The average molecular weight is 445 g/mol. The van der Waals surface area contributed by atoms with Crippen LogP contribution in [0.5, 0.6) is 0 Å². The van der Waals surface area contributed by atoms with E-state index in [0.29, 0.717) is 21.2 Å². The van der Waals surface area contributed by atoms with E-state index in [-0.39, 0.29) is 24.1 Å². The summed E-state index contributed by atoms with van der Waals surface area (Å²) in [4.78, 5) is 50.4. The minimum Gasteiger partial charge on any atom is -0.444 e. The maximum atomic E-state index is 13.2. The number of benzene rings is 3. The van der Waals surface area contributed by atoms with Gasteiger partial charge in [0.15, 0.2) is 0 Å². The summed E-state index contributed by atoms with van der Waals surface area (Å²) in [6, 6.07) is 21.6. The van der Waals surface area contributed by atoms with Gasteiger partial charge < -0.3 is 4.74 Å². The van der Waals surface area contributed by atoms with Crippen LogP contribution in [0.3, 0.4) is 0 Å². The summed E-state index contributed by atoms with van der Waals surface area (Å²) < 4.78 is 7.01. The highest BCUT2D eigenvalue weighted by atomic mass is 16.6. The van der Waals surface area contributed by atoms with Gasteiger partial charge in [-0.15, -0.1) is 0 Å². The molecule has 0 radical (unpaired) electrons. The van der Waals surface area contributed by atoms with E-state index in [1.54, 1.807) is 60.1 Å². The van der Waals surface area contributed by atoms with Crippen LogP contribution in [0.2, 0.25) is 0 Å². The molecule has 0 unspecified atom stereocenters. The standard InChI is InChI=1S/C24H19N3O6/c28-21(25-32)18-12-10-16(11-13-18)14-26-20-9-5-4-8-19(20)22(29)27(23(26)30)24(31)33-15-17-6-2-1-3-7-17/h1-13,32H,14-15H2,(H,25,28). The van der Waals surface area contributed by atoms with Gasteiger partial charge in [-0.05, 0) is 35.4 Å². The minimum atomic E-state index is -1.07. The molecule has 0 atom stereocenters. The molecule has 0 saturated heterocycles. The van der Waals surface area contributed by atoms with Gasteiger partial charge in [-0.3, -0.25) is 19.4 Å². The minimum absolute atomic E-state index is 0.0343. The highest BCUT2D eigenvalue weighted by molar-refractivity contribution is 5.93. The van der Waals surface area contributed by atoms with Gasteiger partial charge in [-0.25, -0.2) is 15.1 Å². The van der Waals surface area contributed by atoms with Crippen molar-refractivity contribution in [3.05, 3.63) is 116 Å². The number of ether oxygens (including phenoxy) is 1. The van der Waals surface area contributed by atoms with Crippen LogP contribution in [0.25, 0.3) is 10.9 Å². The number of rotatable bonds is 5. The van der Waals surface area contributed by atoms with Crippen molar-refractivity contribution >= 4 is 22.9 Å². The van der Waals surface area contributed by atoms with Gasteiger partial charge in [-0.2, -0.15) is 4.57 Å². The van der Waals surface area contributed by atoms with Gasteiger partial charge >= 0.3 is 11.8 Å². The van der Waals surface area contributed by atoms with Gasteiger partial charge in [0.1, 0.15) is 6.61 Å². The summed E-state index contributed by atoms with van der Waals surface area (Å²) in [6.45, 7) is -0.0562. The van der Waals surface area contributed by atoms with Gasteiger partial charge in [0.25, 0.3) is 11.5 Å². The van der Waals surface area contributed by atoms with Gasteiger partial charge in [0.05, 0.1) is 17.4 Å². The van der Waals surface area contributed by atoms with E-state index >= 15 is 0 Å². The highest BCUT2D eigenvalue weighted by Gasteiger charge is 2.19. The van der Waals surface area contributed by atoms with Crippen molar-refractivity contribution in [3.63, 3.8) is 0 Å². The number of hydroxylamine groups is 1. The molecule has 9 nitrogen and oxygen atoms in total. The fourth-order valence-electron chi connectivity index (χ4n) is 3.43. The molecule has 1 heterocycles. The van der Waals surface area contributed by atoms with E-state index in [1.807, 2.05) is 6.07 Å². The lowest BCUT2D eigenvalue weighted by Gasteiger charge is -2.14. The van der Waals surface area contributed by atoms with Crippen LogP contribution in [0, 0.1) is 0 Å². The number of para-hydroxylation sites is 1. The Labute approximate surface area is 187 Å². The topological polar surface area (TPSA) is 120 Å². The first-order chi connectivity index (χ1) is 16.0. The van der Waals surface area contributed by atoms with E-state index in [1.165, 1.54) is 22.8 Å².